The second-order valence-electron chi connectivity index (χ2n) is 3.19. The monoisotopic (exact) mass is 188 g/mol. The van der Waals surface area contributed by atoms with Crippen LogP contribution in [-0.2, 0) is 4.79 Å². The smallest absolute Gasteiger partial charge is 0.317 e. The predicted octanol–water partition coefficient (Wildman–Crippen LogP) is 2.02. The minimum Gasteiger partial charge on any atom is -0.480 e. The zero-order chi connectivity index (χ0) is 10.6. The van der Waals surface area contributed by atoms with Gasteiger partial charge in [0.1, 0.15) is 0 Å². The van der Waals surface area contributed by atoms with E-state index in [4.69, 9.17) is 6.48 Å². The average molecular weight is 188 g/mol. The minimum absolute atomic E-state index is 0.0683. The lowest BCUT2D eigenvalue weighted by atomic mass is 10.1. The van der Waals surface area contributed by atoms with Gasteiger partial charge in [0.2, 0.25) is 0 Å². The third-order valence-electron chi connectivity index (χ3n) is 1.88. The van der Waals surface area contributed by atoms with E-state index in [1.807, 2.05) is 0 Å². The fourth-order valence-electron chi connectivity index (χ4n) is 1.15. The van der Waals surface area contributed by atoms with E-state index in [1.54, 1.807) is 0 Å². The van der Waals surface area contributed by atoms with E-state index in [0.717, 1.165) is 32.2 Å². The minimum atomic E-state index is -0.791. The summed E-state index contributed by atoms with van der Waals surface area (Å²) in [6.07, 6.45) is 6.79. The maximum Gasteiger partial charge on any atom is 0.317 e. The van der Waals surface area contributed by atoms with Gasteiger partial charge >= 0.3 is 5.97 Å². The number of rotatable bonds is 9. The van der Waals surface area contributed by atoms with E-state index in [0.29, 0.717) is 6.90 Å². The molecule has 0 fully saturated rings. The molecule has 0 amide bonds. The van der Waals surface area contributed by atoms with Crippen molar-refractivity contribution in [3.05, 3.63) is 0 Å². The van der Waals surface area contributed by atoms with E-state index in [-0.39, 0.29) is 6.54 Å². The molecule has 0 aliphatic heterocycles. The van der Waals surface area contributed by atoms with E-state index in [9.17, 15) is 4.79 Å². The van der Waals surface area contributed by atoms with Crippen molar-refractivity contribution < 1.29 is 11.3 Å². The molecule has 0 rings (SSSR count). The van der Waals surface area contributed by atoms with Gasteiger partial charge in [0.05, 0.1) is 6.54 Å². The second kappa shape index (κ2) is 9.52. The Hall–Kier alpha value is -0.570. The fourth-order valence-corrected chi connectivity index (χ4v) is 1.15. The molecule has 0 bridgehead atoms. The quantitative estimate of drug-likeness (QED) is 0.544. The molecule has 0 saturated carbocycles. The van der Waals surface area contributed by atoms with Crippen LogP contribution in [0, 0.1) is 0 Å². The maximum atomic E-state index is 10.1. The van der Waals surface area contributed by atoms with Gasteiger partial charge in [-0.15, -0.1) is 0 Å². The van der Waals surface area contributed by atoms with Crippen LogP contribution in [0.15, 0.2) is 0 Å². The Morgan fingerprint density at radius 2 is 2.00 bits per heavy atom. The lowest BCUT2D eigenvalue weighted by Gasteiger charge is -2.01. The third-order valence-corrected chi connectivity index (χ3v) is 1.88. The van der Waals surface area contributed by atoms with Crippen LogP contribution in [0.25, 0.3) is 0 Å². The molecule has 0 atom stereocenters. The van der Waals surface area contributed by atoms with Gasteiger partial charge in [-0.2, -0.15) is 0 Å². The zero-order valence-electron chi connectivity index (χ0n) is 9.22. The largest absolute Gasteiger partial charge is 0.480 e. The summed E-state index contributed by atoms with van der Waals surface area (Å²) in [6, 6.07) is 0. The standard InChI is InChI=1S/C10H21NO2/c1-2-3-4-5-6-7-8-11-9-10(12)13/h11H,2-9H2,1H3,(H,12,13)/i1D. The van der Waals surface area contributed by atoms with E-state index in [1.165, 1.54) is 12.8 Å². The van der Waals surface area contributed by atoms with Crippen molar-refractivity contribution >= 4 is 5.97 Å². The van der Waals surface area contributed by atoms with Gasteiger partial charge in [0.25, 0.3) is 0 Å². The Bertz CT molecular complexity index is 142. The van der Waals surface area contributed by atoms with Gasteiger partial charge in [-0.1, -0.05) is 39.0 Å². The van der Waals surface area contributed by atoms with Crippen LogP contribution in [0.3, 0.4) is 0 Å². The maximum absolute atomic E-state index is 10.1. The van der Waals surface area contributed by atoms with Gasteiger partial charge in [0, 0.05) is 1.37 Å². The number of hydrogen-bond donors (Lipinski definition) is 2. The van der Waals surface area contributed by atoms with Crippen LogP contribution in [0.1, 0.15) is 46.8 Å². The summed E-state index contributed by atoms with van der Waals surface area (Å²) < 4.78 is 6.95. The van der Waals surface area contributed by atoms with Crippen LogP contribution >= 0.6 is 0 Å². The van der Waals surface area contributed by atoms with Crippen LogP contribution in [0.2, 0.25) is 0 Å². The highest BCUT2D eigenvalue weighted by atomic mass is 16.4. The highest BCUT2D eigenvalue weighted by Crippen LogP contribution is 2.03. The first-order valence-electron chi connectivity index (χ1n) is 5.70. The van der Waals surface area contributed by atoms with E-state index >= 15 is 0 Å². The molecule has 78 valence electrons. The summed E-state index contributed by atoms with van der Waals surface area (Å²) >= 11 is 0. The lowest BCUT2D eigenvalue weighted by Crippen LogP contribution is -2.23. The predicted molar refractivity (Wildman–Crippen MR) is 53.9 cm³/mol. The molecule has 13 heavy (non-hydrogen) atoms. The molecule has 2 N–H and O–H groups in total. The number of hydrogen-bond acceptors (Lipinski definition) is 2. The van der Waals surface area contributed by atoms with Gasteiger partial charge in [0.15, 0.2) is 0 Å². The molecular formula is C10H21NO2. The van der Waals surface area contributed by atoms with Crippen LogP contribution < -0.4 is 5.32 Å². The number of aliphatic carboxylic acids is 1. The first-order valence-corrected chi connectivity index (χ1v) is 4.99. The number of unbranched alkanes of at least 4 members (excludes halogenated alkanes) is 5. The highest BCUT2D eigenvalue weighted by molar-refractivity contribution is 5.68. The number of carboxylic acids is 1. The van der Waals surface area contributed by atoms with Crippen LogP contribution in [0.4, 0.5) is 0 Å². The van der Waals surface area contributed by atoms with Gasteiger partial charge < -0.3 is 10.4 Å². The first kappa shape index (κ1) is 10.5. The summed E-state index contributed by atoms with van der Waals surface area (Å²) in [6.45, 7) is 1.41. The lowest BCUT2D eigenvalue weighted by molar-refractivity contribution is -0.135. The topological polar surface area (TPSA) is 49.3 Å². The second-order valence-corrected chi connectivity index (χ2v) is 3.19. The summed E-state index contributed by atoms with van der Waals surface area (Å²) in [5, 5.41) is 11.2. The van der Waals surface area contributed by atoms with Gasteiger partial charge in [-0.3, -0.25) is 4.79 Å². The van der Waals surface area contributed by atoms with E-state index in [2.05, 4.69) is 5.32 Å². The highest BCUT2D eigenvalue weighted by Gasteiger charge is 1.94. The molecule has 0 heterocycles. The zero-order valence-corrected chi connectivity index (χ0v) is 8.22. The average Bonchev–Trinajstić information content (AvgIpc) is 2.15. The molecule has 0 spiro atoms. The summed E-state index contributed by atoms with van der Waals surface area (Å²) in [7, 11) is 0. The number of nitrogens with one attached hydrogen (secondary N) is 1. The van der Waals surface area contributed by atoms with Crippen molar-refractivity contribution in [3.63, 3.8) is 0 Å². The molecule has 0 aromatic heterocycles. The molecule has 0 aliphatic carbocycles. The Morgan fingerprint density at radius 1 is 1.31 bits per heavy atom. The fraction of sp³-hybridized carbons (Fsp3) is 0.900. The molecule has 0 unspecified atom stereocenters. The van der Waals surface area contributed by atoms with Crippen molar-refractivity contribution in [1.82, 2.24) is 5.32 Å². The molecule has 0 aromatic rings. The molecular weight excluding hydrogens is 166 g/mol. The Labute approximate surface area is 81.9 Å². The summed E-state index contributed by atoms with van der Waals surface area (Å²) in [4.78, 5) is 10.1. The Balaban J connectivity index is 2.88. The molecule has 0 saturated heterocycles. The van der Waals surface area contributed by atoms with Crippen molar-refractivity contribution in [2.75, 3.05) is 13.1 Å². The van der Waals surface area contributed by atoms with Crippen LogP contribution in [0.5, 0.6) is 0 Å². The van der Waals surface area contributed by atoms with Crippen molar-refractivity contribution in [3.8, 4) is 0 Å². The summed E-state index contributed by atoms with van der Waals surface area (Å²) in [5.74, 6) is -0.791. The Kier molecular flexibility index (Phi) is 7.69. The normalized spacial score (nSPS) is 11.2. The van der Waals surface area contributed by atoms with Gasteiger partial charge in [-0.05, 0) is 13.0 Å². The molecule has 0 radical (unpaired) electrons. The summed E-state index contributed by atoms with van der Waals surface area (Å²) in [5.41, 5.74) is 0. The SMILES string of the molecule is [2H]CCCCCCCCNCC(=O)O. The molecule has 3 nitrogen and oxygen atoms in total. The molecule has 0 aliphatic rings. The molecule has 0 aromatic carbocycles. The number of carboxylic acid groups (broad SMARTS) is 1. The molecule has 3 heteroatoms. The Morgan fingerprint density at radius 3 is 2.69 bits per heavy atom. The van der Waals surface area contributed by atoms with Crippen LogP contribution in [-0.4, -0.2) is 24.2 Å². The van der Waals surface area contributed by atoms with Crippen molar-refractivity contribution in [2.24, 2.45) is 0 Å². The van der Waals surface area contributed by atoms with Gasteiger partial charge in [-0.25, -0.2) is 0 Å². The number of carbonyl (C=O) groups is 1. The van der Waals surface area contributed by atoms with Crippen molar-refractivity contribution in [2.45, 2.75) is 45.4 Å². The van der Waals surface area contributed by atoms with Crippen molar-refractivity contribution in [1.29, 1.82) is 0 Å². The third kappa shape index (κ3) is 11.4. The first-order chi connectivity index (χ1) is 6.77. The van der Waals surface area contributed by atoms with E-state index < -0.39 is 5.97 Å².